The molecule has 0 saturated heterocycles. The summed E-state index contributed by atoms with van der Waals surface area (Å²) in [6.45, 7) is 2.77. The standard InChI is InChI=1S/C49H90NO10P/c1-3-5-7-9-11-13-15-17-19-20-21-22-23-24-25-27-28-30-32-34-36-38-40-47(51)57-42-45(43-58-61(55,56)59-44-46(50)49(53)54)60-48(52)41-39-37-35-33-31-29-26-18-16-14-12-10-8-6-4-2/h12,14,18,26,31,33,45-46H,3-11,13,15-17,19-25,27-30,32,34-44,50H2,1-2H3,(H,53,54)(H,55,56)/b14-12+,26-18+,33-31+/t45-,46+/m0/s1. The Labute approximate surface area is 372 Å². The van der Waals surface area contributed by atoms with Crippen molar-refractivity contribution in [3.8, 4) is 0 Å². The Hall–Kier alpha value is -2.30. The van der Waals surface area contributed by atoms with Crippen LogP contribution in [-0.2, 0) is 37.5 Å². The lowest BCUT2D eigenvalue weighted by Crippen LogP contribution is -2.34. The van der Waals surface area contributed by atoms with Crippen LogP contribution in [0.15, 0.2) is 36.5 Å². The maximum absolute atomic E-state index is 12.6. The Bertz CT molecular complexity index is 1180. The minimum Gasteiger partial charge on any atom is -0.480 e. The zero-order valence-electron chi connectivity index (χ0n) is 38.8. The van der Waals surface area contributed by atoms with Gasteiger partial charge in [-0.05, 0) is 51.4 Å². The summed E-state index contributed by atoms with van der Waals surface area (Å²) in [5, 5.41) is 8.90. The van der Waals surface area contributed by atoms with Crippen molar-refractivity contribution in [1.82, 2.24) is 0 Å². The number of hydrogen-bond donors (Lipinski definition) is 3. The Morgan fingerprint density at radius 1 is 0.508 bits per heavy atom. The average Bonchev–Trinajstić information content (AvgIpc) is 3.24. The lowest BCUT2D eigenvalue weighted by Gasteiger charge is -2.20. The molecule has 356 valence electrons. The fraction of sp³-hybridized carbons (Fsp3) is 0.816. The van der Waals surface area contributed by atoms with Crippen LogP contribution in [0, 0.1) is 0 Å². The summed E-state index contributed by atoms with van der Waals surface area (Å²) in [5.74, 6) is -2.42. The molecule has 3 atom stereocenters. The predicted molar refractivity (Wildman–Crippen MR) is 249 cm³/mol. The van der Waals surface area contributed by atoms with Gasteiger partial charge in [0.2, 0.25) is 0 Å². The first-order chi connectivity index (χ1) is 29.6. The lowest BCUT2D eigenvalue weighted by atomic mass is 10.0. The number of hydrogen-bond acceptors (Lipinski definition) is 9. The number of aliphatic carboxylic acids is 1. The van der Waals surface area contributed by atoms with E-state index >= 15 is 0 Å². The third-order valence-corrected chi connectivity index (χ3v) is 11.6. The van der Waals surface area contributed by atoms with Crippen LogP contribution < -0.4 is 5.73 Å². The van der Waals surface area contributed by atoms with Crippen molar-refractivity contribution < 1.29 is 47.5 Å². The van der Waals surface area contributed by atoms with Gasteiger partial charge in [-0.15, -0.1) is 0 Å². The van der Waals surface area contributed by atoms with Gasteiger partial charge in [-0.25, -0.2) is 4.57 Å². The number of unbranched alkanes of at least 4 members (excludes halogenated alkanes) is 26. The molecule has 0 radical (unpaired) electrons. The van der Waals surface area contributed by atoms with Gasteiger partial charge in [0.25, 0.3) is 0 Å². The van der Waals surface area contributed by atoms with Crippen LogP contribution in [-0.4, -0.2) is 59.9 Å². The van der Waals surface area contributed by atoms with E-state index in [1.54, 1.807) is 0 Å². The highest BCUT2D eigenvalue weighted by Crippen LogP contribution is 2.43. The van der Waals surface area contributed by atoms with Gasteiger partial charge >= 0.3 is 25.7 Å². The number of esters is 2. The third kappa shape index (κ3) is 44.1. The largest absolute Gasteiger partial charge is 0.480 e. The minimum atomic E-state index is -4.73. The van der Waals surface area contributed by atoms with Crippen LogP contribution in [0.1, 0.15) is 226 Å². The number of rotatable bonds is 46. The highest BCUT2D eigenvalue weighted by Gasteiger charge is 2.28. The predicted octanol–water partition coefficient (Wildman–Crippen LogP) is 13.6. The van der Waals surface area contributed by atoms with Crippen molar-refractivity contribution in [3.05, 3.63) is 36.5 Å². The summed E-state index contributed by atoms with van der Waals surface area (Å²) >= 11 is 0. The van der Waals surface area contributed by atoms with Gasteiger partial charge in [0.05, 0.1) is 13.2 Å². The Kier molecular flexibility index (Phi) is 42.6. The average molecular weight is 884 g/mol. The second-order valence-electron chi connectivity index (χ2n) is 16.6. The van der Waals surface area contributed by atoms with Crippen molar-refractivity contribution in [1.29, 1.82) is 0 Å². The summed E-state index contributed by atoms with van der Waals surface area (Å²) in [7, 11) is -4.73. The number of nitrogens with two attached hydrogens (primary N) is 1. The zero-order valence-corrected chi connectivity index (χ0v) is 39.7. The van der Waals surface area contributed by atoms with Crippen LogP contribution in [0.25, 0.3) is 0 Å². The maximum atomic E-state index is 12.6. The first-order valence-corrected chi connectivity index (χ1v) is 26.0. The molecule has 0 aromatic rings. The van der Waals surface area contributed by atoms with Crippen molar-refractivity contribution in [3.63, 3.8) is 0 Å². The van der Waals surface area contributed by atoms with Crippen LogP contribution in [0.3, 0.4) is 0 Å². The third-order valence-electron chi connectivity index (χ3n) is 10.6. The summed E-state index contributed by atoms with van der Waals surface area (Å²) < 4.78 is 32.7. The molecule has 0 fully saturated rings. The Morgan fingerprint density at radius 3 is 1.33 bits per heavy atom. The molecule has 0 rings (SSSR count). The monoisotopic (exact) mass is 884 g/mol. The highest BCUT2D eigenvalue weighted by atomic mass is 31.2. The second-order valence-corrected chi connectivity index (χ2v) is 18.1. The molecular weight excluding hydrogens is 794 g/mol. The van der Waals surface area contributed by atoms with E-state index in [0.717, 1.165) is 51.4 Å². The van der Waals surface area contributed by atoms with Gasteiger partial charge in [0, 0.05) is 12.8 Å². The fourth-order valence-corrected chi connectivity index (χ4v) is 7.56. The Balaban J connectivity index is 4.25. The molecule has 61 heavy (non-hydrogen) atoms. The molecule has 1 unspecified atom stereocenters. The number of carbonyl (C=O) groups is 3. The van der Waals surface area contributed by atoms with E-state index in [1.807, 2.05) is 0 Å². The van der Waals surface area contributed by atoms with E-state index in [4.69, 9.17) is 24.8 Å². The van der Waals surface area contributed by atoms with Gasteiger partial charge in [-0.2, -0.15) is 0 Å². The SMILES string of the molecule is CCCCC/C=C/C/C=C/C/C=C/CCCCC(=O)O[C@@H](COC(=O)CCCCCCCCCCCCCCCCCCCCCCCC)COP(=O)(O)OC[C@@H](N)C(=O)O. The van der Waals surface area contributed by atoms with Gasteiger partial charge < -0.3 is 25.2 Å². The summed E-state index contributed by atoms with van der Waals surface area (Å²) in [6, 6.07) is -1.53. The first kappa shape index (κ1) is 58.7. The number of carboxylic acid groups (broad SMARTS) is 1. The molecule has 11 nitrogen and oxygen atoms in total. The molecule has 0 bridgehead atoms. The van der Waals surface area contributed by atoms with Crippen LogP contribution >= 0.6 is 7.82 Å². The molecule has 0 spiro atoms. The number of phosphoric acid groups is 1. The summed E-state index contributed by atoms with van der Waals surface area (Å²) in [4.78, 5) is 46.1. The van der Waals surface area contributed by atoms with Crippen LogP contribution in [0.2, 0.25) is 0 Å². The van der Waals surface area contributed by atoms with Crippen LogP contribution in [0.4, 0.5) is 0 Å². The van der Waals surface area contributed by atoms with Gasteiger partial charge in [0.1, 0.15) is 12.6 Å². The van der Waals surface area contributed by atoms with E-state index in [2.05, 4.69) is 54.8 Å². The quantitative estimate of drug-likeness (QED) is 0.0230. The van der Waals surface area contributed by atoms with Crippen molar-refractivity contribution >= 4 is 25.7 Å². The molecule has 0 amide bonds. The number of carbonyl (C=O) groups excluding carboxylic acids is 2. The molecule has 0 aliphatic heterocycles. The lowest BCUT2D eigenvalue weighted by molar-refractivity contribution is -0.161. The highest BCUT2D eigenvalue weighted by molar-refractivity contribution is 7.47. The smallest absolute Gasteiger partial charge is 0.472 e. The van der Waals surface area contributed by atoms with Crippen molar-refractivity contribution in [2.24, 2.45) is 5.73 Å². The van der Waals surface area contributed by atoms with E-state index in [-0.39, 0.29) is 19.4 Å². The summed E-state index contributed by atoms with van der Waals surface area (Å²) in [5.41, 5.74) is 5.34. The minimum absolute atomic E-state index is 0.114. The fourth-order valence-electron chi connectivity index (χ4n) is 6.78. The zero-order chi connectivity index (χ0) is 44.9. The molecule has 0 aromatic heterocycles. The first-order valence-electron chi connectivity index (χ1n) is 24.5. The molecule has 12 heteroatoms. The van der Waals surface area contributed by atoms with Crippen molar-refractivity contribution in [2.75, 3.05) is 19.8 Å². The van der Waals surface area contributed by atoms with E-state index in [1.165, 1.54) is 135 Å². The number of carboxylic acids is 1. The normalized spacial score (nSPS) is 13.9. The molecule has 0 aliphatic carbocycles. The van der Waals surface area contributed by atoms with E-state index in [0.29, 0.717) is 12.8 Å². The number of phosphoric ester groups is 1. The number of allylic oxidation sites excluding steroid dienone is 6. The van der Waals surface area contributed by atoms with E-state index in [9.17, 15) is 23.8 Å². The van der Waals surface area contributed by atoms with Gasteiger partial charge in [0.15, 0.2) is 6.10 Å². The second kappa shape index (κ2) is 44.3. The molecule has 0 saturated carbocycles. The van der Waals surface area contributed by atoms with Crippen LogP contribution in [0.5, 0.6) is 0 Å². The van der Waals surface area contributed by atoms with E-state index < -0.39 is 51.1 Å². The topological polar surface area (TPSA) is 172 Å². The van der Waals surface area contributed by atoms with Gasteiger partial charge in [-0.3, -0.25) is 23.4 Å². The van der Waals surface area contributed by atoms with Gasteiger partial charge in [-0.1, -0.05) is 198 Å². The maximum Gasteiger partial charge on any atom is 0.472 e. The molecule has 0 heterocycles. The molecule has 0 aromatic carbocycles. The van der Waals surface area contributed by atoms with Crippen molar-refractivity contribution in [2.45, 2.75) is 238 Å². The molecule has 4 N–H and O–H groups in total. The molecule has 0 aliphatic rings. The molecular formula is C49H90NO10P. The Morgan fingerprint density at radius 2 is 0.869 bits per heavy atom. The summed E-state index contributed by atoms with van der Waals surface area (Å²) in [6.07, 6.45) is 49.3. The number of ether oxygens (including phenoxy) is 2.